The van der Waals surface area contributed by atoms with Gasteiger partial charge < -0.3 is 0 Å². The fourth-order valence-electron chi connectivity index (χ4n) is 1.78. The maximum Gasteiger partial charge on any atom is 0.434 e. The van der Waals surface area contributed by atoms with Gasteiger partial charge in [0.2, 0.25) is 0 Å². The molecule has 0 aliphatic heterocycles. The van der Waals surface area contributed by atoms with Crippen LogP contribution in [-0.2, 0) is 6.18 Å². The maximum atomic E-state index is 13.0. The van der Waals surface area contributed by atoms with Gasteiger partial charge in [-0.05, 0) is 37.1 Å². The molecule has 0 fully saturated rings. The highest BCUT2D eigenvalue weighted by atomic mass is 19.4. The van der Waals surface area contributed by atoms with Crippen molar-refractivity contribution in [3.05, 3.63) is 46.8 Å². The fourth-order valence-corrected chi connectivity index (χ4v) is 1.78. The minimum absolute atomic E-state index is 0.160. The van der Waals surface area contributed by atoms with Crippen LogP contribution in [-0.4, -0.2) is 16.1 Å². The van der Waals surface area contributed by atoms with Gasteiger partial charge in [-0.15, -0.1) is 0 Å². The summed E-state index contributed by atoms with van der Waals surface area (Å²) in [6.07, 6.45) is -3.55. The summed E-state index contributed by atoms with van der Waals surface area (Å²) >= 11 is 0. The van der Waals surface area contributed by atoms with Gasteiger partial charge in [0.15, 0.2) is 12.0 Å². The molecule has 0 atom stereocenters. The van der Waals surface area contributed by atoms with Gasteiger partial charge >= 0.3 is 6.18 Å². The van der Waals surface area contributed by atoms with Crippen molar-refractivity contribution in [2.75, 3.05) is 0 Å². The van der Waals surface area contributed by atoms with Crippen LogP contribution in [0.15, 0.2) is 24.4 Å². The molecule has 1 heterocycles. The van der Waals surface area contributed by atoms with Crippen LogP contribution in [0.5, 0.6) is 0 Å². The molecule has 0 spiro atoms. The summed E-state index contributed by atoms with van der Waals surface area (Å²) in [4.78, 5) is 10.7. The smallest absolute Gasteiger partial charge is 0.298 e. The van der Waals surface area contributed by atoms with Crippen LogP contribution in [0.4, 0.5) is 13.2 Å². The number of rotatable bonds is 2. The third kappa shape index (κ3) is 2.38. The third-order valence-electron chi connectivity index (χ3n) is 2.93. The summed E-state index contributed by atoms with van der Waals surface area (Å²) in [5.74, 6) is 0. The Kier molecular flexibility index (Phi) is 3.18. The summed E-state index contributed by atoms with van der Waals surface area (Å²) in [7, 11) is 0. The van der Waals surface area contributed by atoms with Crippen molar-refractivity contribution in [2.45, 2.75) is 20.0 Å². The number of halogens is 3. The van der Waals surface area contributed by atoms with Crippen molar-refractivity contribution in [2.24, 2.45) is 0 Å². The monoisotopic (exact) mass is 268 g/mol. The minimum Gasteiger partial charge on any atom is -0.298 e. The number of carbonyl (C=O) groups is 1. The number of carbonyl (C=O) groups excluding carboxylic acids is 1. The summed E-state index contributed by atoms with van der Waals surface area (Å²) in [6, 6.07) is 4.86. The summed E-state index contributed by atoms with van der Waals surface area (Å²) in [5.41, 5.74) is 0.592. The highest BCUT2D eigenvalue weighted by molar-refractivity contribution is 5.76. The number of aldehydes is 1. The van der Waals surface area contributed by atoms with E-state index in [1.54, 1.807) is 25.1 Å². The molecule has 0 amide bonds. The quantitative estimate of drug-likeness (QED) is 0.783. The van der Waals surface area contributed by atoms with Crippen LogP contribution in [0, 0.1) is 13.8 Å². The second kappa shape index (κ2) is 4.53. The van der Waals surface area contributed by atoms with Crippen LogP contribution < -0.4 is 0 Å². The predicted molar refractivity (Wildman–Crippen MR) is 63.4 cm³/mol. The number of alkyl halides is 3. The molecule has 1 aromatic carbocycles. The topological polar surface area (TPSA) is 34.9 Å². The van der Waals surface area contributed by atoms with E-state index in [1.165, 1.54) is 0 Å². The Morgan fingerprint density at radius 3 is 2.42 bits per heavy atom. The molecule has 0 aliphatic rings. The van der Waals surface area contributed by atoms with E-state index in [0.717, 1.165) is 22.0 Å². The second-order valence-corrected chi connectivity index (χ2v) is 4.24. The number of aryl methyl sites for hydroxylation is 2. The first kappa shape index (κ1) is 13.3. The van der Waals surface area contributed by atoms with Crippen LogP contribution in [0.3, 0.4) is 0 Å². The van der Waals surface area contributed by atoms with Crippen LogP contribution in [0.2, 0.25) is 0 Å². The van der Waals surface area contributed by atoms with Gasteiger partial charge in [-0.25, -0.2) is 4.68 Å². The molecule has 3 nitrogen and oxygen atoms in total. The number of hydrogen-bond donors (Lipinski definition) is 0. The summed E-state index contributed by atoms with van der Waals surface area (Å²) in [6.45, 7) is 3.67. The molecular formula is C13H11F3N2O. The summed E-state index contributed by atoms with van der Waals surface area (Å²) < 4.78 is 39.7. The van der Waals surface area contributed by atoms with Gasteiger partial charge in [0.1, 0.15) is 0 Å². The van der Waals surface area contributed by atoms with E-state index in [2.05, 4.69) is 5.10 Å². The lowest BCUT2D eigenvalue weighted by Gasteiger charge is -2.12. The highest BCUT2D eigenvalue weighted by Gasteiger charge is 2.38. The van der Waals surface area contributed by atoms with Crippen molar-refractivity contribution < 1.29 is 18.0 Å². The SMILES string of the molecule is Cc1ccc(-n2ncc(C=O)c2C(F)(F)F)cc1C. The molecule has 2 rings (SSSR count). The zero-order chi connectivity index (χ0) is 14.2. The third-order valence-corrected chi connectivity index (χ3v) is 2.93. The first-order chi connectivity index (χ1) is 8.84. The Bertz CT molecular complexity index is 629. The fraction of sp³-hybridized carbons (Fsp3) is 0.231. The van der Waals surface area contributed by atoms with E-state index in [1.807, 2.05) is 6.92 Å². The lowest BCUT2D eigenvalue weighted by Crippen LogP contribution is -2.15. The molecule has 1 aromatic heterocycles. The number of nitrogens with zero attached hydrogens (tertiary/aromatic N) is 2. The van der Waals surface area contributed by atoms with Gasteiger partial charge in [0.25, 0.3) is 0 Å². The minimum atomic E-state index is -4.63. The van der Waals surface area contributed by atoms with Gasteiger partial charge in [-0.3, -0.25) is 4.79 Å². The Balaban J connectivity index is 2.65. The normalized spacial score (nSPS) is 11.6. The molecular weight excluding hydrogens is 257 g/mol. The highest BCUT2D eigenvalue weighted by Crippen LogP contribution is 2.33. The first-order valence-electron chi connectivity index (χ1n) is 5.52. The average Bonchev–Trinajstić information content (AvgIpc) is 2.76. The Morgan fingerprint density at radius 2 is 1.89 bits per heavy atom. The average molecular weight is 268 g/mol. The molecule has 0 unspecified atom stereocenters. The molecule has 0 bridgehead atoms. The molecule has 0 saturated heterocycles. The standard InChI is InChI=1S/C13H11F3N2O/c1-8-3-4-11(5-9(8)2)18-12(13(14,15)16)10(7-19)6-17-18/h3-7H,1-2H3. The van der Waals surface area contributed by atoms with E-state index in [9.17, 15) is 18.0 Å². The van der Waals surface area contributed by atoms with Crippen LogP contribution in [0.1, 0.15) is 27.2 Å². The number of benzene rings is 1. The lowest BCUT2D eigenvalue weighted by atomic mass is 10.1. The van der Waals surface area contributed by atoms with Crippen LogP contribution in [0.25, 0.3) is 5.69 Å². The molecule has 100 valence electrons. The zero-order valence-corrected chi connectivity index (χ0v) is 10.3. The van der Waals surface area contributed by atoms with E-state index >= 15 is 0 Å². The van der Waals surface area contributed by atoms with Crippen molar-refractivity contribution >= 4 is 6.29 Å². The predicted octanol–water partition coefficient (Wildman–Crippen LogP) is 3.32. The van der Waals surface area contributed by atoms with Crippen molar-refractivity contribution in [1.82, 2.24) is 9.78 Å². The molecule has 0 aliphatic carbocycles. The van der Waals surface area contributed by atoms with Gasteiger partial charge in [0.05, 0.1) is 17.4 Å². The Labute approximate surface area is 107 Å². The maximum absolute atomic E-state index is 13.0. The Morgan fingerprint density at radius 1 is 1.21 bits per heavy atom. The molecule has 0 saturated carbocycles. The zero-order valence-electron chi connectivity index (χ0n) is 10.3. The molecule has 0 N–H and O–H groups in total. The van der Waals surface area contributed by atoms with Gasteiger partial charge in [0, 0.05) is 0 Å². The number of aromatic nitrogens is 2. The van der Waals surface area contributed by atoms with Crippen molar-refractivity contribution in [3.63, 3.8) is 0 Å². The van der Waals surface area contributed by atoms with Crippen molar-refractivity contribution in [1.29, 1.82) is 0 Å². The Hall–Kier alpha value is -2.11. The van der Waals surface area contributed by atoms with E-state index < -0.39 is 17.4 Å². The largest absolute Gasteiger partial charge is 0.434 e. The molecule has 6 heteroatoms. The van der Waals surface area contributed by atoms with Gasteiger partial charge in [-0.1, -0.05) is 6.07 Å². The van der Waals surface area contributed by atoms with Crippen molar-refractivity contribution in [3.8, 4) is 5.69 Å². The van der Waals surface area contributed by atoms with E-state index in [0.29, 0.717) is 0 Å². The molecule has 0 radical (unpaired) electrons. The second-order valence-electron chi connectivity index (χ2n) is 4.24. The number of hydrogen-bond acceptors (Lipinski definition) is 2. The summed E-state index contributed by atoms with van der Waals surface area (Å²) in [5, 5.41) is 3.66. The van der Waals surface area contributed by atoms with E-state index in [-0.39, 0.29) is 12.0 Å². The van der Waals surface area contributed by atoms with Gasteiger partial charge in [-0.2, -0.15) is 18.3 Å². The van der Waals surface area contributed by atoms with Crippen LogP contribution >= 0.6 is 0 Å². The molecule has 2 aromatic rings. The first-order valence-corrected chi connectivity index (χ1v) is 5.52. The van der Waals surface area contributed by atoms with E-state index in [4.69, 9.17) is 0 Å². The lowest BCUT2D eigenvalue weighted by molar-refractivity contribution is -0.143. The molecule has 19 heavy (non-hydrogen) atoms.